The number of amides is 2. The predicted octanol–water partition coefficient (Wildman–Crippen LogP) is 2.97. The lowest BCUT2D eigenvalue weighted by atomic mass is 9.97. The van der Waals surface area contributed by atoms with E-state index in [1.165, 1.54) is 22.2 Å². The zero-order valence-corrected chi connectivity index (χ0v) is 20.5. The van der Waals surface area contributed by atoms with Crippen molar-refractivity contribution in [1.82, 2.24) is 19.9 Å². The van der Waals surface area contributed by atoms with Gasteiger partial charge in [0.2, 0.25) is 11.8 Å². The van der Waals surface area contributed by atoms with Gasteiger partial charge in [0.1, 0.15) is 17.6 Å². The summed E-state index contributed by atoms with van der Waals surface area (Å²) in [5.74, 6) is -0.0706. The molecule has 0 bridgehead atoms. The minimum Gasteiger partial charge on any atom is -0.356 e. The van der Waals surface area contributed by atoms with Crippen molar-refractivity contribution in [3.8, 4) is 0 Å². The molecule has 1 aliphatic heterocycles. The second-order valence-electron chi connectivity index (χ2n) is 8.80. The van der Waals surface area contributed by atoms with E-state index in [0.29, 0.717) is 28.6 Å². The molecule has 1 fully saturated rings. The van der Waals surface area contributed by atoms with Crippen molar-refractivity contribution in [2.24, 2.45) is 5.92 Å². The fourth-order valence-corrected chi connectivity index (χ4v) is 5.23. The number of fused-ring (bicyclic) bond motifs is 1. The molecule has 0 saturated carbocycles. The molecule has 1 aromatic carbocycles. The number of aromatic nitrogens is 3. The van der Waals surface area contributed by atoms with Gasteiger partial charge in [0.05, 0.1) is 5.92 Å². The number of thiazole rings is 1. The van der Waals surface area contributed by atoms with Crippen molar-refractivity contribution in [2.45, 2.75) is 46.1 Å². The molecule has 2 amide bonds. The number of nitrogens with zero attached hydrogens (tertiary/aromatic N) is 4. The number of piperidine rings is 1. The Labute approximate surface area is 202 Å². The molecule has 10 heteroatoms. The number of rotatable bonds is 7. The summed E-state index contributed by atoms with van der Waals surface area (Å²) in [4.78, 5) is 49.0. The Bertz CT molecular complexity index is 1250. The highest BCUT2D eigenvalue weighted by molar-refractivity contribution is 7.22. The van der Waals surface area contributed by atoms with Crippen LogP contribution in [-0.2, 0) is 16.1 Å². The van der Waals surface area contributed by atoms with Gasteiger partial charge in [-0.2, -0.15) is 4.98 Å². The van der Waals surface area contributed by atoms with Gasteiger partial charge in [-0.25, -0.2) is 4.98 Å². The normalized spacial score (nSPS) is 16.1. The molecule has 180 valence electrons. The van der Waals surface area contributed by atoms with Gasteiger partial charge in [0.15, 0.2) is 10.8 Å². The van der Waals surface area contributed by atoms with Gasteiger partial charge >= 0.3 is 0 Å². The summed E-state index contributed by atoms with van der Waals surface area (Å²) in [5, 5.41) is 6.48. The van der Waals surface area contributed by atoms with Gasteiger partial charge in [-0.15, -0.1) is 0 Å². The lowest BCUT2D eigenvalue weighted by Gasteiger charge is -2.31. The molecule has 4 rings (SSSR count). The number of anilines is 2. The van der Waals surface area contributed by atoms with E-state index < -0.39 is 0 Å². The lowest BCUT2D eigenvalue weighted by molar-refractivity contribution is -0.125. The van der Waals surface area contributed by atoms with E-state index in [1.54, 1.807) is 0 Å². The average molecular weight is 483 g/mol. The summed E-state index contributed by atoms with van der Waals surface area (Å²) >= 11 is 1.26. The van der Waals surface area contributed by atoms with Gasteiger partial charge in [-0.1, -0.05) is 43.4 Å². The molecule has 2 aromatic heterocycles. The van der Waals surface area contributed by atoms with Crippen LogP contribution in [0.25, 0.3) is 10.3 Å². The van der Waals surface area contributed by atoms with Crippen molar-refractivity contribution in [3.05, 3.63) is 46.5 Å². The third kappa shape index (κ3) is 5.11. The lowest BCUT2D eigenvalue weighted by Crippen LogP contribution is -2.43. The number of benzene rings is 1. The third-order valence-corrected chi connectivity index (χ3v) is 7.05. The fraction of sp³-hybridized carbons (Fsp3) is 0.458. The predicted molar refractivity (Wildman–Crippen MR) is 134 cm³/mol. The Hall–Kier alpha value is -3.27. The largest absolute Gasteiger partial charge is 0.356 e. The van der Waals surface area contributed by atoms with Crippen molar-refractivity contribution >= 4 is 44.3 Å². The van der Waals surface area contributed by atoms with Gasteiger partial charge in [0.25, 0.3) is 5.56 Å². The maximum atomic E-state index is 13.1. The first-order chi connectivity index (χ1) is 16.4. The number of nitrogens with one attached hydrogen (secondary N) is 2. The van der Waals surface area contributed by atoms with Crippen LogP contribution in [0.5, 0.6) is 0 Å². The van der Waals surface area contributed by atoms with Crippen LogP contribution in [0.2, 0.25) is 0 Å². The summed E-state index contributed by atoms with van der Waals surface area (Å²) in [6.07, 6.45) is 3.09. The first kappa shape index (κ1) is 23.9. The molecule has 0 spiro atoms. The topological polar surface area (TPSA) is 109 Å². The van der Waals surface area contributed by atoms with Crippen LogP contribution in [0.1, 0.15) is 45.1 Å². The summed E-state index contributed by atoms with van der Waals surface area (Å²) in [6.45, 7) is 7.86. The van der Waals surface area contributed by atoms with Crippen LogP contribution in [-0.4, -0.2) is 46.0 Å². The van der Waals surface area contributed by atoms with E-state index in [9.17, 15) is 14.4 Å². The maximum absolute atomic E-state index is 13.1. The summed E-state index contributed by atoms with van der Waals surface area (Å²) in [7, 11) is 0. The van der Waals surface area contributed by atoms with E-state index >= 15 is 0 Å². The van der Waals surface area contributed by atoms with Crippen molar-refractivity contribution < 1.29 is 9.59 Å². The maximum Gasteiger partial charge on any atom is 0.273 e. The Balaban J connectivity index is 1.51. The summed E-state index contributed by atoms with van der Waals surface area (Å²) in [6, 6.07) is 7.65. The minimum absolute atomic E-state index is 0.0545. The van der Waals surface area contributed by atoms with Crippen LogP contribution in [0.3, 0.4) is 0 Å². The van der Waals surface area contributed by atoms with Crippen LogP contribution >= 0.6 is 11.3 Å². The van der Waals surface area contributed by atoms with Crippen molar-refractivity contribution in [2.75, 3.05) is 29.9 Å². The number of carbonyl (C=O) groups excluding carboxylic acids is 2. The zero-order chi connectivity index (χ0) is 24.2. The Morgan fingerprint density at radius 2 is 2.06 bits per heavy atom. The molecule has 1 atom stereocenters. The number of hydrogen-bond acceptors (Lipinski definition) is 7. The molecule has 2 N–H and O–H groups in total. The number of carbonyl (C=O) groups is 2. The van der Waals surface area contributed by atoms with Crippen LogP contribution < -0.4 is 21.1 Å². The summed E-state index contributed by atoms with van der Waals surface area (Å²) < 4.78 is 1.72. The molecule has 1 saturated heterocycles. The second kappa shape index (κ2) is 10.3. The van der Waals surface area contributed by atoms with Gasteiger partial charge in [-0.3, -0.25) is 19.0 Å². The Morgan fingerprint density at radius 1 is 1.26 bits per heavy atom. The molecular formula is C24H30N6O3S. The first-order valence-electron chi connectivity index (χ1n) is 11.6. The highest BCUT2D eigenvalue weighted by atomic mass is 32.1. The van der Waals surface area contributed by atoms with Crippen molar-refractivity contribution in [1.29, 1.82) is 0 Å². The molecule has 0 radical (unpaired) electrons. The fourth-order valence-electron chi connectivity index (χ4n) is 4.23. The van der Waals surface area contributed by atoms with E-state index in [1.807, 2.05) is 31.2 Å². The molecule has 0 aliphatic carbocycles. The third-order valence-electron chi connectivity index (χ3n) is 5.96. The smallest absolute Gasteiger partial charge is 0.273 e. The molecule has 1 unspecified atom stereocenters. The van der Waals surface area contributed by atoms with Gasteiger partial charge in [-0.05, 0) is 37.3 Å². The first-order valence-corrected chi connectivity index (χ1v) is 12.5. The Morgan fingerprint density at radius 3 is 2.82 bits per heavy atom. The molecule has 9 nitrogen and oxygen atoms in total. The molecule has 34 heavy (non-hydrogen) atoms. The van der Waals surface area contributed by atoms with Gasteiger partial charge < -0.3 is 15.5 Å². The van der Waals surface area contributed by atoms with Crippen LogP contribution in [0, 0.1) is 5.92 Å². The highest BCUT2D eigenvalue weighted by Crippen LogP contribution is 2.29. The van der Waals surface area contributed by atoms with E-state index in [4.69, 9.17) is 0 Å². The zero-order valence-electron chi connectivity index (χ0n) is 19.7. The second-order valence-corrected chi connectivity index (χ2v) is 9.77. The highest BCUT2D eigenvalue weighted by Gasteiger charge is 2.27. The molecular weight excluding hydrogens is 452 g/mol. The van der Waals surface area contributed by atoms with Crippen molar-refractivity contribution in [3.63, 3.8) is 0 Å². The summed E-state index contributed by atoms with van der Waals surface area (Å²) in [5.41, 5.74) is 1.86. The standard InChI is InChI=1S/C24H30N6O3S/c1-4-25-22(32)16-8-7-11-29(12-16)24-28-21-20(34-24)23(33)30(14-26-21)13-19(31)27-18-10-6-5-9-17(18)15(2)3/h5-6,9-10,14-16H,4,7-8,11-13H2,1-3H3,(H,25,32)(H,27,31). The van der Waals surface area contributed by atoms with Gasteiger partial charge in [0, 0.05) is 25.3 Å². The van der Waals surface area contributed by atoms with Crippen LogP contribution in [0.4, 0.5) is 10.8 Å². The molecule has 3 heterocycles. The Kier molecular flexibility index (Phi) is 7.26. The van der Waals surface area contributed by atoms with E-state index in [2.05, 4.69) is 39.3 Å². The van der Waals surface area contributed by atoms with E-state index in [-0.39, 0.29) is 35.8 Å². The monoisotopic (exact) mass is 482 g/mol. The van der Waals surface area contributed by atoms with E-state index in [0.717, 1.165) is 30.6 Å². The molecule has 3 aromatic rings. The average Bonchev–Trinajstić information content (AvgIpc) is 3.27. The quantitative estimate of drug-likeness (QED) is 0.536. The minimum atomic E-state index is -0.293. The molecule has 1 aliphatic rings. The SMILES string of the molecule is CCNC(=O)C1CCCN(c2nc3ncn(CC(=O)Nc4ccccc4C(C)C)c(=O)c3s2)C1. The number of hydrogen-bond donors (Lipinski definition) is 2. The van der Waals surface area contributed by atoms with Crippen LogP contribution in [0.15, 0.2) is 35.4 Å². The number of para-hydroxylation sites is 1.